The summed E-state index contributed by atoms with van der Waals surface area (Å²) in [4.78, 5) is 0. The van der Waals surface area contributed by atoms with Gasteiger partial charge in [-0.1, -0.05) is 44.4 Å². The molecule has 0 saturated heterocycles. The minimum absolute atomic E-state index is 0.0265. The third-order valence-corrected chi connectivity index (χ3v) is 2.97. The Labute approximate surface area is 102 Å². The van der Waals surface area contributed by atoms with Gasteiger partial charge in [0.1, 0.15) is 5.82 Å². The van der Waals surface area contributed by atoms with Gasteiger partial charge in [-0.2, -0.15) is 0 Å². The Kier molecular flexibility index (Phi) is 5.78. The lowest BCUT2D eigenvalue weighted by atomic mass is 10.0. The number of nitrogens with one attached hydrogen (secondary N) is 1. The van der Waals surface area contributed by atoms with Crippen molar-refractivity contribution in [3.8, 4) is 0 Å². The first-order valence-electron chi connectivity index (χ1n) is 5.88. The fourth-order valence-corrected chi connectivity index (χ4v) is 2.14. The summed E-state index contributed by atoms with van der Waals surface area (Å²) < 4.78 is 13.7. The molecule has 1 rings (SSSR count). The Balaban J connectivity index is 2.90. The van der Waals surface area contributed by atoms with E-state index in [1.807, 2.05) is 6.92 Å². The predicted octanol–water partition coefficient (Wildman–Crippen LogP) is 4.32. The Morgan fingerprint density at radius 3 is 2.69 bits per heavy atom. The minimum atomic E-state index is -0.213. The lowest BCUT2D eigenvalue weighted by molar-refractivity contribution is 0.470. The van der Waals surface area contributed by atoms with E-state index in [-0.39, 0.29) is 11.9 Å². The van der Waals surface area contributed by atoms with E-state index < -0.39 is 0 Å². The molecule has 0 fully saturated rings. The van der Waals surface area contributed by atoms with Crippen molar-refractivity contribution in [3.05, 3.63) is 34.6 Å². The summed E-state index contributed by atoms with van der Waals surface area (Å²) in [6, 6.07) is 4.89. The van der Waals surface area contributed by atoms with Gasteiger partial charge in [0.15, 0.2) is 0 Å². The number of hydrogen-bond acceptors (Lipinski definition) is 1. The highest BCUT2D eigenvalue weighted by Gasteiger charge is 2.17. The normalized spacial score (nSPS) is 12.8. The maximum absolute atomic E-state index is 13.7. The molecule has 1 nitrogen and oxygen atoms in total. The molecule has 0 amide bonds. The quantitative estimate of drug-likeness (QED) is 0.785. The second kappa shape index (κ2) is 6.87. The molecular weight excluding hydrogens is 225 g/mol. The van der Waals surface area contributed by atoms with Crippen LogP contribution in [0.1, 0.15) is 44.7 Å². The number of hydrogen-bond donors (Lipinski definition) is 1. The van der Waals surface area contributed by atoms with Gasteiger partial charge in [-0.3, -0.25) is 0 Å². The van der Waals surface area contributed by atoms with Gasteiger partial charge in [0, 0.05) is 16.6 Å². The molecule has 0 heterocycles. The van der Waals surface area contributed by atoms with Gasteiger partial charge in [-0.15, -0.1) is 0 Å². The van der Waals surface area contributed by atoms with E-state index in [1.165, 1.54) is 6.07 Å². The van der Waals surface area contributed by atoms with Crippen molar-refractivity contribution in [2.45, 2.75) is 39.2 Å². The van der Waals surface area contributed by atoms with E-state index in [1.54, 1.807) is 12.1 Å². The Morgan fingerprint density at radius 1 is 1.38 bits per heavy atom. The van der Waals surface area contributed by atoms with Gasteiger partial charge in [0.25, 0.3) is 0 Å². The fraction of sp³-hybridized carbons (Fsp3) is 0.538. The number of unbranched alkanes of at least 4 members (excludes halogenated alkanes) is 1. The van der Waals surface area contributed by atoms with Gasteiger partial charge in [0.2, 0.25) is 0 Å². The van der Waals surface area contributed by atoms with E-state index in [2.05, 4.69) is 12.2 Å². The van der Waals surface area contributed by atoms with Gasteiger partial charge in [0.05, 0.1) is 0 Å². The van der Waals surface area contributed by atoms with E-state index in [0.717, 1.165) is 25.8 Å². The largest absolute Gasteiger partial charge is 0.310 e. The second-order valence-electron chi connectivity index (χ2n) is 3.89. The van der Waals surface area contributed by atoms with Crippen molar-refractivity contribution in [1.29, 1.82) is 0 Å². The van der Waals surface area contributed by atoms with Gasteiger partial charge in [-0.25, -0.2) is 4.39 Å². The molecule has 0 saturated carbocycles. The molecule has 0 aliphatic rings. The zero-order valence-electron chi connectivity index (χ0n) is 9.89. The highest BCUT2D eigenvalue weighted by molar-refractivity contribution is 6.31. The highest BCUT2D eigenvalue weighted by atomic mass is 35.5. The van der Waals surface area contributed by atoms with Gasteiger partial charge < -0.3 is 5.32 Å². The van der Waals surface area contributed by atoms with Crippen molar-refractivity contribution < 1.29 is 4.39 Å². The summed E-state index contributed by atoms with van der Waals surface area (Å²) in [6.45, 7) is 4.97. The van der Waals surface area contributed by atoms with Crippen LogP contribution >= 0.6 is 11.6 Å². The summed E-state index contributed by atoms with van der Waals surface area (Å²) in [5.41, 5.74) is 0.611. The molecule has 0 aromatic heterocycles. The topological polar surface area (TPSA) is 12.0 Å². The molecule has 16 heavy (non-hydrogen) atoms. The first-order chi connectivity index (χ1) is 7.70. The van der Waals surface area contributed by atoms with Crippen molar-refractivity contribution >= 4 is 11.6 Å². The standard InChI is InChI=1S/C13H19ClFN/c1-3-5-9-12(16-4-2)13-10(14)7-6-8-11(13)15/h6-8,12,16H,3-5,9H2,1-2H3. The molecule has 90 valence electrons. The Morgan fingerprint density at radius 2 is 2.12 bits per heavy atom. The SMILES string of the molecule is CCCCC(NCC)c1c(F)cccc1Cl. The van der Waals surface area contributed by atoms with Crippen molar-refractivity contribution in [2.24, 2.45) is 0 Å². The molecule has 1 aromatic carbocycles. The third kappa shape index (κ3) is 3.46. The second-order valence-corrected chi connectivity index (χ2v) is 4.30. The number of rotatable bonds is 6. The first-order valence-corrected chi connectivity index (χ1v) is 6.25. The first kappa shape index (κ1) is 13.5. The lowest BCUT2D eigenvalue weighted by Gasteiger charge is -2.19. The predicted molar refractivity (Wildman–Crippen MR) is 67.4 cm³/mol. The molecule has 0 aliphatic heterocycles. The summed E-state index contributed by atoms with van der Waals surface area (Å²) >= 11 is 6.06. The van der Waals surface area contributed by atoms with Crippen LogP contribution in [0.15, 0.2) is 18.2 Å². The average Bonchev–Trinajstić information content (AvgIpc) is 2.25. The Hall–Kier alpha value is -0.600. The molecule has 1 atom stereocenters. The van der Waals surface area contributed by atoms with Crippen molar-refractivity contribution in [1.82, 2.24) is 5.32 Å². The Bertz CT molecular complexity index is 307. The molecule has 1 N–H and O–H groups in total. The highest BCUT2D eigenvalue weighted by Crippen LogP contribution is 2.28. The van der Waals surface area contributed by atoms with Gasteiger partial charge in [-0.05, 0) is 25.1 Å². The molecule has 3 heteroatoms. The van der Waals surface area contributed by atoms with E-state index in [0.29, 0.717) is 10.6 Å². The van der Waals surface area contributed by atoms with E-state index in [4.69, 9.17) is 11.6 Å². The molecular formula is C13H19ClFN. The molecule has 0 bridgehead atoms. The third-order valence-electron chi connectivity index (χ3n) is 2.65. The molecule has 0 aliphatic carbocycles. The van der Waals surface area contributed by atoms with E-state index in [9.17, 15) is 4.39 Å². The van der Waals surface area contributed by atoms with Gasteiger partial charge >= 0.3 is 0 Å². The van der Waals surface area contributed by atoms with Crippen LogP contribution < -0.4 is 5.32 Å². The number of halogens is 2. The zero-order valence-corrected chi connectivity index (χ0v) is 10.6. The maximum Gasteiger partial charge on any atom is 0.129 e. The van der Waals surface area contributed by atoms with Crippen LogP contribution in [0.4, 0.5) is 4.39 Å². The molecule has 0 spiro atoms. The molecule has 0 radical (unpaired) electrons. The van der Waals surface area contributed by atoms with Crippen LogP contribution in [0.3, 0.4) is 0 Å². The lowest BCUT2D eigenvalue weighted by Crippen LogP contribution is -2.22. The monoisotopic (exact) mass is 243 g/mol. The maximum atomic E-state index is 13.7. The van der Waals surface area contributed by atoms with Crippen LogP contribution in [0.5, 0.6) is 0 Å². The fourth-order valence-electron chi connectivity index (χ4n) is 1.85. The van der Waals surface area contributed by atoms with Crippen LogP contribution in [0.25, 0.3) is 0 Å². The summed E-state index contributed by atoms with van der Waals surface area (Å²) in [6.07, 6.45) is 3.10. The average molecular weight is 244 g/mol. The minimum Gasteiger partial charge on any atom is -0.310 e. The smallest absolute Gasteiger partial charge is 0.129 e. The van der Waals surface area contributed by atoms with Crippen molar-refractivity contribution in [3.63, 3.8) is 0 Å². The van der Waals surface area contributed by atoms with Crippen LogP contribution in [-0.4, -0.2) is 6.54 Å². The molecule has 1 unspecified atom stereocenters. The summed E-state index contributed by atoms with van der Waals surface area (Å²) in [5.74, 6) is -0.213. The van der Waals surface area contributed by atoms with Crippen LogP contribution in [0.2, 0.25) is 5.02 Å². The summed E-state index contributed by atoms with van der Waals surface area (Å²) in [5, 5.41) is 3.81. The van der Waals surface area contributed by atoms with Crippen molar-refractivity contribution in [2.75, 3.05) is 6.54 Å². The summed E-state index contributed by atoms with van der Waals surface area (Å²) in [7, 11) is 0. The van der Waals surface area contributed by atoms with Crippen LogP contribution in [0, 0.1) is 5.82 Å². The zero-order chi connectivity index (χ0) is 12.0. The van der Waals surface area contributed by atoms with E-state index >= 15 is 0 Å². The number of benzene rings is 1. The van der Waals surface area contributed by atoms with Crippen LogP contribution in [-0.2, 0) is 0 Å². The molecule has 1 aromatic rings.